The average Bonchev–Trinajstić information content (AvgIpc) is 3.65. The second kappa shape index (κ2) is 9.77. The van der Waals surface area contributed by atoms with E-state index in [4.69, 9.17) is 0 Å². The molecular weight excluding hydrogens is 486 g/mol. The minimum absolute atomic E-state index is 0.290. The Balaban J connectivity index is 1.39. The van der Waals surface area contributed by atoms with E-state index in [9.17, 15) is 30.8 Å². The van der Waals surface area contributed by atoms with Gasteiger partial charge in [0.1, 0.15) is 5.82 Å². The van der Waals surface area contributed by atoms with E-state index in [1.54, 1.807) is 0 Å². The van der Waals surface area contributed by atoms with Gasteiger partial charge in [-0.25, -0.2) is 17.5 Å². The predicted molar refractivity (Wildman–Crippen MR) is 124 cm³/mol. The maximum absolute atomic E-state index is 14.8. The second-order valence-electron chi connectivity index (χ2n) is 8.94. The largest absolute Gasteiger partial charge is 0.416 e. The Labute approximate surface area is 202 Å². The van der Waals surface area contributed by atoms with Crippen LogP contribution in [0.3, 0.4) is 0 Å². The first-order chi connectivity index (χ1) is 16.5. The topological polar surface area (TPSA) is 69.7 Å². The van der Waals surface area contributed by atoms with Crippen molar-refractivity contribution < 1.29 is 30.8 Å². The summed E-state index contributed by atoms with van der Waals surface area (Å²) in [6.45, 7) is 4.80. The number of halogens is 4. The number of alkyl halides is 3. The molecule has 2 fully saturated rings. The van der Waals surface area contributed by atoms with Crippen molar-refractivity contribution in [2.24, 2.45) is 0 Å². The highest BCUT2D eigenvalue weighted by molar-refractivity contribution is 7.91. The Morgan fingerprint density at radius 2 is 1.66 bits per heavy atom. The van der Waals surface area contributed by atoms with E-state index < -0.39 is 38.7 Å². The summed E-state index contributed by atoms with van der Waals surface area (Å²) in [6, 6.07) is 7.80. The van der Waals surface area contributed by atoms with Crippen LogP contribution >= 0.6 is 0 Å². The molecule has 1 aliphatic heterocycles. The maximum atomic E-state index is 14.8. The van der Waals surface area contributed by atoms with E-state index >= 15 is 0 Å². The summed E-state index contributed by atoms with van der Waals surface area (Å²) in [4.78, 5) is 16.5. The van der Waals surface area contributed by atoms with E-state index in [0.29, 0.717) is 52.0 Å². The molecule has 0 unspecified atom stereocenters. The van der Waals surface area contributed by atoms with Crippen molar-refractivity contribution in [3.8, 4) is 0 Å². The normalized spacial score (nSPS) is 17.5. The molecule has 1 heterocycles. The van der Waals surface area contributed by atoms with Crippen LogP contribution in [0.4, 0.5) is 23.2 Å². The van der Waals surface area contributed by atoms with Gasteiger partial charge in [0.15, 0.2) is 0 Å². The van der Waals surface area contributed by atoms with Crippen LogP contribution in [0.2, 0.25) is 0 Å². The van der Waals surface area contributed by atoms with Gasteiger partial charge in [-0.1, -0.05) is 6.92 Å². The third-order valence-corrected chi connectivity index (χ3v) is 8.26. The summed E-state index contributed by atoms with van der Waals surface area (Å²) in [7, 11) is -3.78. The van der Waals surface area contributed by atoms with Gasteiger partial charge >= 0.3 is 6.18 Å². The monoisotopic (exact) mass is 513 g/mol. The Bertz CT molecular complexity index is 1190. The Morgan fingerprint density at radius 1 is 1.03 bits per heavy atom. The molecule has 1 aliphatic carbocycles. The molecule has 2 aromatic rings. The van der Waals surface area contributed by atoms with Gasteiger partial charge in [-0.15, -0.1) is 0 Å². The second-order valence-corrected chi connectivity index (χ2v) is 10.9. The number of anilines is 1. The van der Waals surface area contributed by atoms with Crippen LogP contribution in [0.5, 0.6) is 0 Å². The van der Waals surface area contributed by atoms with Crippen molar-refractivity contribution in [3.05, 3.63) is 64.5 Å². The highest BCUT2D eigenvalue weighted by Crippen LogP contribution is 2.31. The third kappa shape index (κ3) is 5.95. The zero-order valence-corrected chi connectivity index (χ0v) is 20.1. The molecule has 2 aromatic carbocycles. The Hall–Kier alpha value is -2.66. The van der Waals surface area contributed by atoms with Crippen LogP contribution in [-0.2, 0) is 29.2 Å². The highest BCUT2D eigenvalue weighted by Gasteiger charge is 2.37. The number of nitrogens with one attached hydrogen (secondary N) is 1. The van der Waals surface area contributed by atoms with E-state index in [0.717, 1.165) is 28.9 Å². The quantitative estimate of drug-likeness (QED) is 0.568. The summed E-state index contributed by atoms with van der Waals surface area (Å²) in [5, 5.41) is -0.583. The molecule has 35 heavy (non-hydrogen) atoms. The van der Waals surface area contributed by atoms with Crippen LogP contribution in [0.15, 0.2) is 36.4 Å². The molecule has 1 saturated heterocycles. The van der Waals surface area contributed by atoms with Crippen molar-refractivity contribution in [2.45, 2.75) is 44.2 Å². The number of benzene rings is 2. The predicted octanol–water partition coefficient (Wildman–Crippen LogP) is 3.95. The smallest absolute Gasteiger partial charge is 0.369 e. The molecule has 6 nitrogen and oxygen atoms in total. The lowest BCUT2D eigenvalue weighted by molar-refractivity contribution is -0.137. The number of carbonyl (C=O) groups excluding carboxylic acids is 1. The lowest BCUT2D eigenvalue weighted by atomic mass is 10.00. The summed E-state index contributed by atoms with van der Waals surface area (Å²) < 4.78 is 79.2. The number of sulfonamides is 1. The molecule has 2 aliphatic rings. The van der Waals surface area contributed by atoms with Gasteiger partial charge < -0.3 is 4.90 Å². The molecule has 11 heteroatoms. The molecule has 1 N–H and O–H groups in total. The van der Waals surface area contributed by atoms with Crippen molar-refractivity contribution >= 4 is 21.6 Å². The molecule has 1 amide bonds. The molecule has 0 atom stereocenters. The lowest BCUT2D eigenvalue weighted by Crippen LogP contribution is -2.46. The first-order valence-corrected chi connectivity index (χ1v) is 13.0. The van der Waals surface area contributed by atoms with Gasteiger partial charge in [-0.2, -0.15) is 13.2 Å². The van der Waals surface area contributed by atoms with E-state index in [1.807, 2.05) is 16.5 Å². The zero-order chi connectivity index (χ0) is 25.4. The number of piperazine rings is 1. The van der Waals surface area contributed by atoms with Crippen LogP contribution in [-0.4, -0.2) is 50.7 Å². The first kappa shape index (κ1) is 25.4. The molecular formula is C24H27F4N3O3S. The molecule has 0 spiro atoms. The van der Waals surface area contributed by atoms with Gasteiger partial charge in [0.05, 0.1) is 16.4 Å². The molecule has 4 rings (SSSR count). The SMILES string of the molecule is CCc1cc(C(=O)NS(=O)(=O)C2CC2)c(F)cc1CN1CCN(c2ccc(C(F)(F)F)cc2)CC1. The van der Waals surface area contributed by atoms with Gasteiger partial charge in [0.2, 0.25) is 10.0 Å². The number of amides is 1. The highest BCUT2D eigenvalue weighted by atomic mass is 32.2. The van der Waals surface area contributed by atoms with Crippen LogP contribution in [0.25, 0.3) is 0 Å². The van der Waals surface area contributed by atoms with Gasteiger partial charge in [-0.3, -0.25) is 9.69 Å². The molecule has 0 aromatic heterocycles. The third-order valence-electron chi connectivity index (χ3n) is 6.44. The number of carbonyl (C=O) groups is 1. The Kier molecular flexibility index (Phi) is 7.10. The fraction of sp³-hybridized carbons (Fsp3) is 0.458. The number of rotatable bonds is 7. The molecule has 0 radical (unpaired) electrons. The lowest BCUT2D eigenvalue weighted by Gasteiger charge is -2.36. The molecule has 0 bridgehead atoms. The van der Waals surface area contributed by atoms with Crippen molar-refractivity contribution in [1.29, 1.82) is 0 Å². The minimum Gasteiger partial charge on any atom is -0.369 e. The van der Waals surface area contributed by atoms with Gasteiger partial charge in [0.25, 0.3) is 5.91 Å². The Morgan fingerprint density at radius 3 is 2.20 bits per heavy atom. The summed E-state index contributed by atoms with van der Waals surface area (Å²) >= 11 is 0. The number of hydrogen-bond acceptors (Lipinski definition) is 5. The van der Waals surface area contributed by atoms with Crippen LogP contribution in [0, 0.1) is 5.82 Å². The molecule has 190 valence electrons. The summed E-state index contributed by atoms with van der Waals surface area (Å²) in [6.07, 6.45) is -2.84. The van der Waals surface area contributed by atoms with Crippen molar-refractivity contribution in [1.82, 2.24) is 9.62 Å². The number of aryl methyl sites for hydroxylation is 1. The summed E-state index contributed by atoms with van der Waals surface area (Å²) in [5.74, 6) is -1.73. The van der Waals surface area contributed by atoms with Crippen LogP contribution in [0.1, 0.15) is 46.8 Å². The zero-order valence-electron chi connectivity index (χ0n) is 19.2. The molecule has 1 saturated carbocycles. The minimum atomic E-state index is -4.37. The van der Waals surface area contributed by atoms with Crippen LogP contribution < -0.4 is 9.62 Å². The van der Waals surface area contributed by atoms with Gasteiger partial charge in [0, 0.05) is 38.4 Å². The van der Waals surface area contributed by atoms with Gasteiger partial charge in [-0.05, 0) is 66.8 Å². The average molecular weight is 514 g/mol. The fourth-order valence-electron chi connectivity index (χ4n) is 4.22. The number of nitrogens with zero attached hydrogens (tertiary/aromatic N) is 2. The summed E-state index contributed by atoms with van der Waals surface area (Å²) in [5.41, 5.74) is 1.22. The standard InChI is InChI=1S/C24H27F4N3O3S/c1-2-16-13-21(23(32)29-35(33,34)20-7-8-20)22(25)14-17(16)15-30-9-11-31(12-10-30)19-5-3-18(4-6-19)24(26,27)28/h3-6,13-14,20H,2,7-12,15H2,1H3,(H,29,32). The van der Waals surface area contributed by atoms with E-state index in [2.05, 4.69) is 4.90 Å². The van der Waals surface area contributed by atoms with Crippen molar-refractivity contribution in [3.63, 3.8) is 0 Å². The number of hydrogen-bond donors (Lipinski definition) is 1. The van der Waals surface area contributed by atoms with E-state index in [-0.39, 0.29) is 5.56 Å². The fourth-order valence-corrected chi connectivity index (χ4v) is 5.51. The van der Waals surface area contributed by atoms with E-state index in [1.165, 1.54) is 24.3 Å². The first-order valence-electron chi connectivity index (χ1n) is 11.5. The van der Waals surface area contributed by atoms with Crippen molar-refractivity contribution in [2.75, 3.05) is 31.1 Å². The maximum Gasteiger partial charge on any atom is 0.416 e.